The number of unbranched alkanes of at least 4 members (excludes halogenated alkanes) is 1. The van der Waals surface area contributed by atoms with Gasteiger partial charge >= 0.3 is 6.03 Å². The first-order valence-corrected chi connectivity index (χ1v) is 9.47. The van der Waals surface area contributed by atoms with E-state index in [1.165, 1.54) is 6.42 Å². The van der Waals surface area contributed by atoms with E-state index in [9.17, 15) is 9.59 Å². The Balaban J connectivity index is 1.32. The predicted molar refractivity (Wildman–Crippen MR) is 96.6 cm³/mol. The molecular weight excluding hydrogens is 318 g/mol. The fourth-order valence-corrected chi connectivity index (χ4v) is 4.10. The smallest absolute Gasteiger partial charge is 0.315 e. The second-order valence-electron chi connectivity index (χ2n) is 7.16. The van der Waals surface area contributed by atoms with Gasteiger partial charge in [-0.1, -0.05) is 12.5 Å². The van der Waals surface area contributed by atoms with E-state index in [1.807, 2.05) is 13.0 Å². The van der Waals surface area contributed by atoms with Gasteiger partial charge in [0, 0.05) is 43.4 Å². The van der Waals surface area contributed by atoms with Crippen LogP contribution in [0.2, 0.25) is 0 Å². The van der Waals surface area contributed by atoms with Crippen molar-refractivity contribution in [1.82, 2.24) is 15.2 Å². The highest BCUT2D eigenvalue weighted by Gasteiger charge is 2.59. The van der Waals surface area contributed by atoms with Gasteiger partial charge in [0.1, 0.15) is 0 Å². The van der Waals surface area contributed by atoms with Crippen LogP contribution < -0.4 is 16.2 Å². The van der Waals surface area contributed by atoms with Gasteiger partial charge in [0.15, 0.2) is 0 Å². The van der Waals surface area contributed by atoms with Crippen LogP contribution in [0, 0.1) is 5.41 Å². The van der Waals surface area contributed by atoms with Gasteiger partial charge in [-0.15, -0.1) is 0 Å². The van der Waals surface area contributed by atoms with Crippen LogP contribution in [0.3, 0.4) is 0 Å². The lowest BCUT2D eigenvalue weighted by molar-refractivity contribution is -0.169. The van der Waals surface area contributed by atoms with E-state index >= 15 is 0 Å². The molecule has 6 heteroatoms. The van der Waals surface area contributed by atoms with Crippen molar-refractivity contribution in [2.75, 3.05) is 13.2 Å². The standard InChI is InChI=1S/C19H29N3O3/c1-2-25-16-14-15(19(16)9-7-10-19)21-18(24)20-11-4-6-13-22-12-5-3-8-17(22)23/h3,5,8,12,15-16H,2,4,6-7,9-11,13-14H2,1H3,(H2,20,21,24)/t15-,16-/m1/s1. The molecule has 0 bridgehead atoms. The van der Waals surface area contributed by atoms with E-state index in [2.05, 4.69) is 10.6 Å². The van der Waals surface area contributed by atoms with Gasteiger partial charge in [-0.05, 0) is 45.1 Å². The topological polar surface area (TPSA) is 72.4 Å². The fourth-order valence-electron chi connectivity index (χ4n) is 4.10. The third kappa shape index (κ3) is 3.89. The molecule has 2 amide bonds. The molecule has 138 valence electrons. The zero-order valence-electron chi connectivity index (χ0n) is 15.0. The number of pyridine rings is 1. The van der Waals surface area contributed by atoms with Gasteiger partial charge in [-0.2, -0.15) is 0 Å². The van der Waals surface area contributed by atoms with Crippen molar-refractivity contribution in [3.05, 3.63) is 34.7 Å². The molecule has 2 fully saturated rings. The molecule has 2 N–H and O–H groups in total. The van der Waals surface area contributed by atoms with Gasteiger partial charge < -0.3 is 19.9 Å². The summed E-state index contributed by atoms with van der Waals surface area (Å²) in [4.78, 5) is 23.7. The van der Waals surface area contributed by atoms with Crippen LogP contribution in [0.1, 0.15) is 45.4 Å². The first kappa shape index (κ1) is 18.0. The Hall–Kier alpha value is -1.82. The maximum Gasteiger partial charge on any atom is 0.315 e. The van der Waals surface area contributed by atoms with Crippen molar-refractivity contribution >= 4 is 6.03 Å². The minimum absolute atomic E-state index is 0.0211. The summed E-state index contributed by atoms with van der Waals surface area (Å²) in [7, 11) is 0. The minimum atomic E-state index is -0.0805. The second kappa shape index (κ2) is 8.04. The van der Waals surface area contributed by atoms with Gasteiger partial charge in [-0.25, -0.2) is 4.79 Å². The van der Waals surface area contributed by atoms with Crippen LogP contribution in [-0.2, 0) is 11.3 Å². The lowest BCUT2D eigenvalue weighted by atomic mass is 9.51. The van der Waals surface area contributed by atoms with Gasteiger partial charge in [0.05, 0.1) is 6.10 Å². The lowest BCUT2D eigenvalue weighted by Crippen LogP contribution is -2.68. The molecule has 2 saturated carbocycles. The average molecular weight is 347 g/mol. The Morgan fingerprint density at radius 1 is 1.36 bits per heavy atom. The van der Waals surface area contributed by atoms with Crippen molar-refractivity contribution in [2.45, 2.75) is 64.1 Å². The van der Waals surface area contributed by atoms with Crippen molar-refractivity contribution in [3.8, 4) is 0 Å². The van der Waals surface area contributed by atoms with E-state index in [0.717, 1.165) is 38.7 Å². The van der Waals surface area contributed by atoms with Crippen molar-refractivity contribution in [1.29, 1.82) is 0 Å². The van der Waals surface area contributed by atoms with Gasteiger partial charge in [0.25, 0.3) is 0 Å². The summed E-state index contributed by atoms with van der Waals surface area (Å²) in [6, 6.07) is 5.34. The predicted octanol–water partition coefficient (Wildman–Crippen LogP) is 2.28. The number of hydrogen-bond acceptors (Lipinski definition) is 3. The summed E-state index contributed by atoms with van der Waals surface area (Å²) < 4.78 is 7.51. The third-order valence-electron chi connectivity index (χ3n) is 5.75. The zero-order valence-corrected chi connectivity index (χ0v) is 15.0. The summed E-state index contributed by atoms with van der Waals surface area (Å²) in [6.07, 6.45) is 8.33. The molecule has 0 aromatic carbocycles. The maximum absolute atomic E-state index is 12.1. The molecule has 25 heavy (non-hydrogen) atoms. The molecule has 3 rings (SSSR count). The van der Waals surface area contributed by atoms with E-state index in [1.54, 1.807) is 22.9 Å². The summed E-state index contributed by atoms with van der Waals surface area (Å²) >= 11 is 0. The fraction of sp³-hybridized carbons (Fsp3) is 0.684. The number of aryl methyl sites for hydroxylation is 1. The van der Waals surface area contributed by atoms with E-state index in [-0.39, 0.29) is 23.0 Å². The van der Waals surface area contributed by atoms with Crippen molar-refractivity contribution < 1.29 is 9.53 Å². The number of amides is 2. The highest BCUT2D eigenvalue weighted by Crippen LogP contribution is 2.57. The molecule has 1 heterocycles. The Labute approximate surface area is 148 Å². The quantitative estimate of drug-likeness (QED) is 0.709. The van der Waals surface area contributed by atoms with Crippen LogP contribution >= 0.6 is 0 Å². The zero-order chi connectivity index (χ0) is 17.7. The summed E-state index contributed by atoms with van der Waals surface area (Å²) in [5.41, 5.74) is 0.217. The first-order chi connectivity index (χ1) is 12.2. The molecule has 0 unspecified atom stereocenters. The maximum atomic E-state index is 12.1. The molecule has 0 aliphatic heterocycles. The van der Waals surface area contributed by atoms with E-state index in [4.69, 9.17) is 4.74 Å². The molecule has 6 nitrogen and oxygen atoms in total. The van der Waals surface area contributed by atoms with Crippen LogP contribution in [0.5, 0.6) is 0 Å². The third-order valence-corrected chi connectivity index (χ3v) is 5.75. The summed E-state index contributed by atoms with van der Waals surface area (Å²) in [5, 5.41) is 6.07. The molecule has 2 aliphatic carbocycles. The second-order valence-corrected chi connectivity index (χ2v) is 7.16. The number of rotatable bonds is 8. The first-order valence-electron chi connectivity index (χ1n) is 9.47. The van der Waals surface area contributed by atoms with Crippen LogP contribution in [0.4, 0.5) is 4.79 Å². The molecule has 1 spiro atoms. The normalized spacial score (nSPS) is 23.6. The number of carbonyl (C=O) groups is 1. The number of nitrogens with one attached hydrogen (secondary N) is 2. The monoisotopic (exact) mass is 347 g/mol. The summed E-state index contributed by atoms with van der Waals surface area (Å²) in [5.74, 6) is 0. The van der Waals surface area contributed by atoms with Crippen molar-refractivity contribution in [3.63, 3.8) is 0 Å². The number of aromatic nitrogens is 1. The highest BCUT2D eigenvalue weighted by molar-refractivity contribution is 5.74. The number of carbonyl (C=O) groups excluding carboxylic acids is 1. The largest absolute Gasteiger partial charge is 0.378 e. The molecule has 2 atom stereocenters. The molecule has 2 aliphatic rings. The highest BCUT2D eigenvalue weighted by atomic mass is 16.5. The van der Waals surface area contributed by atoms with E-state index in [0.29, 0.717) is 19.2 Å². The molecule has 1 aromatic heterocycles. The number of urea groups is 1. The number of hydrogen-bond donors (Lipinski definition) is 2. The summed E-state index contributed by atoms with van der Waals surface area (Å²) in [6.45, 7) is 4.09. The molecular formula is C19H29N3O3. The molecule has 1 aromatic rings. The Morgan fingerprint density at radius 3 is 2.88 bits per heavy atom. The van der Waals surface area contributed by atoms with Crippen molar-refractivity contribution in [2.24, 2.45) is 5.41 Å². The number of ether oxygens (including phenoxy) is 1. The molecule has 0 saturated heterocycles. The van der Waals surface area contributed by atoms with Crippen LogP contribution in [0.25, 0.3) is 0 Å². The minimum Gasteiger partial charge on any atom is -0.378 e. The Morgan fingerprint density at radius 2 is 2.20 bits per heavy atom. The van der Waals surface area contributed by atoms with E-state index < -0.39 is 0 Å². The lowest BCUT2D eigenvalue weighted by Gasteiger charge is -2.60. The van der Waals surface area contributed by atoms with Gasteiger partial charge in [-0.3, -0.25) is 4.79 Å². The van der Waals surface area contributed by atoms with Crippen LogP contribution in [0.15, 0.2) is 29.2 Å². The van der Waals surface area contributed by atoms with Gasteiger partial charge in [0.2, 0.25) is 5.56 Å². The Kier molecular flexibility index (Phi) is 5.78. The SMILES string of the molecule is CCO[C@@H]1C[C@@H](NC(=O)NCCCCn2ccccc2=O)C12CCC2. The Bertz CT molecular complexity index is 639. The number of nitrogens with zero attached hydrogens (tertiary/aromatic N) is 1. The van der Waals surface area contributed by atoms with Crippen LogP contribution in [-0.4, -0.2) is 35.9 Å². The molecule has 0 radical (unpaired) electrons. The average Bonchev–Trinajstić information content (AvgIpc) is 2.53.